The zero-order valence-electron chi connectivity index (χ0n) is 11.6. The predicted molar refractivity (Wildman–Crippen MR) is 76.0 cm³/mol. The van der Waals surface area contributed by atoms with Crippen molar-refractivity contribution >= 4 is 21.4 Å². The number of carbonyl (C=O) groups is 1. The molecule has 6 heteroatoms. The first kappa shape index (κ1) is 15.7. The molecule has 1 amide bonds. The number of sulfone groups is 1. The Hall–Kier alpha value is -1.40. The number of hydrogen-bond acceptors (Lipinski definition) is 4. The summed E-state index contributed by atoms with van der Waals surface area (Å²) < 4.78 is 23.0. The van der Waals surface area contributed by atoms with Gasteiger partial charge in [-0.25, -0.2) is 8.42 Å². The van der Waals surface area contributed by atoms with Gasteiger partial charge in [-0.2, -0.15) is 0 Å². The largest absolute Gasteiger partial charge is 0.326 e. The third kappa shape index (κ3) is 4.33. The van der Waals surface area contributed by atoms with Crippen LogP contribution in [0.1, 0.15) is 12.5 Å². The zero-order valence-corrected chi connectivity index (χ0v) is 12.5. The van der Waals surface area contributed by atoms with E-state index in [2.05, 4.69) is 10.6 Å². The Kier molecular flexibility index (Phi) is 5.08. The normalized spacial score (nSPS) is 13.1. The molecule has 0 aromatic heterocycles. The van der Waals surface area contributed by atoms with Gasteiger partial charge in [-0.15, -0.1) is 0 Å². The third-order valence-electron chi connectivity index (χ3n) is 2.85. The second kappa shape index (κ2) is 6.16. The van der Waals surface area contributed by atoms with Gasteiger partial charge in [0.1, 0.15) is 0 Å². The van der Waals surface area contributed by atoms with E-state index in [9.17, 15) is 13.2 Å². The van der Waals surface area contributed by atoms with Crippen molar-refractivity contribution in [2.24, 2.45) is 5.92 Å². The van der Waals surface area contributed by atoms with E-state index in [1.165, 1.54) is 12.1 Å². The first-order valence-corrected chi connectivity index (χ1v) is 7.91. The fraction of sp³-hybridized carbons (Fsp3) is 0.462. The van der Waals surface area contributed by atoms with Crippen LogP contribution in [0.5, 0.6) is 0 Å². The van der Waals surface area contributed by atoms with Gasteiger partial charge >= 0.3 is 0 Å². The van der Waals surface area contributed by atoms with Gasteiger partial charge in [0, 0.05) is 24.4 Å². The number of hydrogen-bond donors (Lipinski definition) is 2. The fourth-order valence-electron chi connectivity index (χ4n) is 1.62. The molecule has 0 aliphatic carbocycles. The summed E-state index contributed by atoms with van der Waals surface area (Å²) in [5.74, 6) is -0.325. The SMILES string of the molecule is CNCC(C)C(=O)Nc1cc(S(C)(=O)=O)ccc1C. The standard InChI is InChI=1S/C13H20N2O3S/c1-9-5-6-11(19(4,17)18)7-12(9)15-13(16)10(2)8-14-3/h5-7,10,14H,8H2,1-4H3,(H,15,16). The Bertz CT molecular complexity index is 567. The molecule has 0 saturated carbocycles. The third-order valence-corrected chi connectivity index (χ3v) is 3.96. The highest BCUT2D eigenvalue weighted by Gasteiger charge is 2.15. The van der Waals surface area contributed by atoms with Crippen molar-refractivity contribution in [2.45, 2.75) is 18.7 Å². The number of anilines is 1. The van der Waals surface area contributed by atoms with Crippen LogP contribution >= 0.6 is 0 Å². The minimum atomic E-state index is -3.27. The second-order valence-electron chi connectivity index (χ2n) is 4.70. The van der Waals surface area contributed by atoms with E-state index in [1.807, 2.05) is 13.8 Å². The minimum absolute atomic E-state index is 0.136. The Labute approximate surface area is 114 Å². The molecule has 19 heavy (non-hydrogen) atoms. The zero-order chi connectivity index (χ0) is 14.6. The topological polar surface area (TPSA) is 75.3 Å². The highest BCUT2D eigenvalue weighted by molar-refractivity contribution is 7.90. The van der Waals surface area contributed by atoms with E-state index in [0.29, 0.717) is 12.2 Å². The highest BCUT2D eigenvalue weighted by atomic mass is 32.2. The molecule has 0 aliphatic heterocycles. The number of benzene rings is 1. The molecule has 1 atom stereocenters. The lowest BCUT2D eigenvalue weighted by molar-refractivity contribution is -0.119. The molecule has 1 rings (SSSR count). The van der Waals surface area contributed by atoms with Crippen LogP contribution in [0.4, 0.5) is 5.69 Å². The first-order chi connectivity index (χ1) is 8.75. The molecule has 0 aliphatic rings. The molecule has 1 unspecified atom stereocenters. The molecular formula is C13H20N2O3S. The van der Waals surface area contributed by atoms with Gasteiger partial charge in [0.15, 0.2) is 9.84 Å². The molecular weight excluding hydrogens is 264 g/mol. The van der Waals surface area contributed by atoms with Gasteiger partial charge < -0.3 is 10.6 Å². The Balaban J connectivity index is 2.98. The lowest BCUT2D eigenvalue weighted by atomic mass is 10.1. The molecule has 0 heterocycles. The van der Waals surface area contributed by atoms with Crippen LogP contribution in [0.15, 0.2) is 23.1 Å². The maximum Gasteiger partial charge on any atom is 0.228 e. The van der Waals surface area contributed by atoms with E-state index in [4.69, 9.17) is 0 Å². The van der Waals surface area contributed by atoms with Crippen LogP contribution < -0.4 is 10.6 Å². The first-order valence-electron chi connectivity index (χ1n) is 6.02. The van der Waals surface area contributed by atoms with E-state index in [1.54, 1.807) is 13.1 Å². The van der Waals surface area contributed by atoms with Crippen molar-refractivity contribution in [3.8, 4) is 0 Å². The van der Waals surface area contributed by atoms with Crippen LogP contribution in [0.2, 0.25) is 0 Å². The van der Waals surface area contributed by atoms with Gasteiger partial charge in [0.25, 0.3) is 0 Å². The number of aryl methyl sites for hydroxylation is 1. The monoisotopic (exact) mass is 284 g/mol. The minimum Gasteiger partial charge on any atom is -0.326 e. The van der Waals surface area contributed by atoms with Crippen molar-refractivity contribution in [1.82, 2.24) is 5.32 Å². The molecule has 0 saturated heterocycles. The van der Waals surface area contributed by atoms with Crippen molar-refractivity contribution in [3.63, 3.8) is 0 Å². The number of amides is 1. The number of nitrogens with one attached hydrogen (secondary N) is 2. The smallest absolute Gasteiger partial charge is 0.228 e. The molecule has 2 N–H and O–H groups in total. The van der Waals surface area contributed by atoms with Crippen LogP contribution in [0, 0.1) is 12.8 Å². The summed E-state index contributed by atoms with van der Waals surface area (Å²) in [4.78, 5) is 12.1. The quantitative estimate of drug-likeness (QED) is 0.851. The van der Waals surface area contributed by atoms with Gasteiger partial charge in [-0.3, -0.25) is 4.79 Å². The van der Waals surface area contributed by atoms with E-state index >= 15 is 0 Å². The molecule has 1 aromatic carbocycles. The summed E-state index contributed by atoms with van der Waals surface area (Å²) in [5, 5.41) is 5.69. The van der Waals surface area contributed by atoms with Crippen LogP contribution in [-0.4, -0.2) is 34.2 Å². The molecule has 0 fully saturated rings. The summed E-state index contributed by atoms with van der Waals surface area (Å²) in [6, 6.07) is 4.72. The summed E-state index contributed by atoms with van der Waals surface area (Å²) in [6.45, 7) is 4.20. The average Bonchev–Trinajstić information content (AvgIpc) is 2.30. The second-order valence-corrected chi connectivity index (χ2v) is 6.71. The van der Waals surface area contributed by atoms with Gasteiger partial charge in [-0.1, -0.05) is 13.0 Å². The van der Waals surface area contributed by atoms with Gasteiger partial charge in [0.2, 0.25) is 5.91 Å². The fourth-order valence-corrected chi connectivity index (χ4v) is 2.27. The molecule has 0 bridgehead atoms. The van der Waals surface area contributed by atoms with Gasteiger partial charge in [-0.05, 0) is 31.7 Å². The van der Waals surface area contributed by atoms with Crippen LogP contribution in [0.25, 0.3) is 0 Å². The molecule has 106 valence electrons. The maximum absolute atomic E-state index is 11.9. The Morgan fingerprint density at radius 3 is 2.53 bits per heavy atom. The maximum atomic E-state index is 11.9. The Morgan fingerprint density at radius 1 is 1.37 bits per heavy atom. The Morgan fingerprint density at radius 2 is 2.00 bits per heavy atom. The van der Waals surface area contributed by atoms with Crippen molar-refractivity contribution in [1.29, 1.82) is 0 Å². The summed E-state index contributed by atoms with van der Waals surface area (Å²) in [6.07, 6.45) is 1.15. The lowest BCUT2D eigenvalue weighted by Crippen LogP contribution is -2.28. The lowest BCUT2D eigenvalue weighted by Gasteiger charge is -2.14. The average molecular weight is 284 g/mol. The number of rotatable bonds is 5. The molecule has 5 nitrogen and oxygen atoms in total. The van der Waals surface area contributed by atoms with E-state index in [-0.39, 0.29) is 16.7 Å². The van der Waals surface area contributed by atoms with Crippen molar-refractivity contribution < 1.29 is 13.2 Å². The van der Waals surface area contributed by atoms with Crippen molar-refractivity contribution in [2.75, 3.05) is 25.2 Å². The highest BCUT2D eigenvalue weighted by Crippen LogP contribution is 2.20. The summed E-state index contributed by atoms with van der Waals surface area (Å²) in [5.41, 5.74) is 1.37. The van der Waals surface area contributed by atoms with E-state index < -0.39 is 9.84 Å². The molecule has 0 spiro atoms. The van der Waals surface area contributed by atoms with E-state index in [0.717, 1.165) is 11.8 Å². The summed E-state index contributed by atoms with van der Waals surface area (Å²) >= 11 is 0. The number of carbonyl (C=O) groups excluding carboxylic acids is 1. The van der Waals surface area contributed by atoms with Crippen LogP contribution in [-0.2, 0) is 14.6 Å². The van der Waals surface area contributed by atoms with Gasteiger partial charge in [0.05, 0.1) is 4.90 Å². The summed E-state index contributed by atoms with van der Waals surface area (Å²) in [7, 11) is -1.49. The van der Waals surface area contributed by atoms with Crippen LogP contribution in [0.3, 0.4) is 0 Å². The molecule has 0 radical (unpaired) electrons. The molecule has 1 aromatic rings. The predicted octanol–water partition coefficient (Wildman–Crippen LogP) is 1.19. The van der Waals surface area contributed by atoms with Crippen molar-refractivity contribution in [3.05, 3.63) is 23.8 Å².